The molecule has 2 bridgehead atoms. The van der Waals surface area contributed by atoms with Gasteiger partial charge in [-0.1, -0.05) is 26.0 Å². The summed E-state index contributed by atoms with van der Waals surface area (Å²) in [6.45, 7) is 6.47. The molecule has 1 aliphatic heterocycles. The van der Waals surface area contributed by atoms with E-state index in [1.807, 2.05) is 18.2 Å². The highest BCUT2D eigenvalue weighted by Gasteiger charge is 2.49. The van der Waals surface area contributed by atoms with Gasteiger partial charge in [-0.3, -0.25) is 4.79 Å². The fourth-order valence-electron chi connectivity index (χ4n) is 5.49. The summed E-state index contributed by atoms with van der Waals surface area (Å²) in [4.78, 5) is 11.7. The van der Waals surface area contributed by atoms with Crippen molar-refractivity contribution in [1.29, 1.82) is 0 Å². The first-order valence-corrected chi connectivity index (χ1v) is 10.2. The molecule has 1 saturated heterocycles. The SMILES string of the molecule is Cc1cc(C2=C(/C=C/[C@@H]3C[C@@H](O)CC(=O)O3)C3(C)CCC(C)(C2)C3)ccc1F. The number of benzene rings is 1. The van der Waals surface area contributed by atoms with Crippen LogP contribution in [0.25, 0.3) is 5.57 Å². The number of hydrogen-bond acceptors (Lipinski definition) is 3. The van der Waals surface area contributed by atoms with E-state index in [2.05, 4.69) is 19.9 Å². The smallest absolute Gasteiger partial charge is 0.309 e. The van der Waals surface area contributed by atoms with Crippen molar-refractivity contribution in [3.05, 3.63) is 52.9 Å². The van der Waals surface area contributed by atoms with Crippen molar-refractivity contribution in [2.45, 2.75) is 71.5 Å². The maximum atomic E-state index is 13.8. The second-order valence-corrected chi connectivity index (χ2v) is 9.56. The number of halogens is 1. The van der Waals surface area contributed by atoms with Crippen LogP contribution in [0.2, 0.25) is 0 Å². The molecule has 0 radical (unpaired) electrons. The monoisotopic (exact) mass is 384 g/mol. The largest absolute Gasteiger partial charge is 0.458 e. The number of esters is 1. The van der Waals surface area contributed by atoms with Crippen LogP contribution in [-0.2, 0) is 9.53 Å². The molecule has 150 valence electrons. The lowest BCUT2D eigenvalue weighted by molar-refractivity contribution is -0.156. The molecule has 1 N–H and O–H groups in total. The van der Waals surface area contributed by atoms with Crippen LogP contribution < -0.4 is 0 Å². The third-order valence-electron chi connectivity index (χ3n) is 6.85. The van der Waals surface area contributed by atoms with E-state index in [9.17, 15) is 14.3 Å². The number of carbonyl (C=O) groups is 1. The van der Waals surface area contributed by atoms with Crippen LogP contribution in [0.4, 0.5) is 4.39 Å². The highest BCUT2D eigenvalue weighted by atomic mass is 19.1. The normalized spacial score (nSPS) is 35.5. The number of ether oxygens (including phenoxy) is 1. The number of aryl methyl sites for hydroxylation is 1. The van der Waals surface area contributed by atoms with E-state index in [0.717, 1.165) is 24.8 Å². The molecule has 0 spiro atoms. The third-order valence-corrected chi connectivity index (χ3v) is 6.85. The van der Waals surface area contributed by atoms with Gasteiger partial charge in [0.2, 0.25) is 0 Å². The lowest BCUT2D eigenvalue weighted by atomic mass is 9.66. The Balaban J connectivity index is 1.75. The van der Waals surface area contributed by atoms with E-state index in [0.29, 0.717) is 12.0 Å². The summed E-state index contributed by atoms with van der Waals surface area (Å²) in [5, 5.41) is 9.88. The molecule has 2 fully saturated rings. The fourth-order valence-corrected chi connectivity index (χ4v) is 5.49. The van der Waals surface area contributed by atoms with Crippen molar-refractivity contribution in [1.82, 2.24) is 0 Å². The van der Waals surface area contributed by atoms with Gasteiger partial charge >= 0.3 is 5.97 Å². The summed E-state index contributed by atoms with van der Waals surface area (Å²) in [7, 11) is 0. The lowest BCUT2D eigenvalue weighted by Gasteiger charge is -2.39. The number of hydrogen-bond donors (Lipinski definition) is 1. The van der Waals surface area contributed by atoms with Crippen LogP contribution in [0.1, 0.15) is 63.5 Å². The summed E-state index contributed by atoms with van der Waals surface area (Å²) in [6, 6.07) is 5.38. The van der Waals surface area contributed by atoms with Crippen LogP contribution in [0.5, 0.6) is 0 Å². The Morgan fingerprint density at radius 1 is 1.29 bits per heavy atom. The second-order valence-electron chi connectivity index (χ2n) is 9.56. The summed E-state index contributed by atoms with van der Waals surface area (Å²) in [5.41, 5.74) is 4.62. The van der Waals surface area contributed by atoms with Crippen molar-refractivity contribution in [3.63, 3.8) is 0 Å². The van der Waals surface area contributed by atoms with Crippen LogP contribution in [0.3, 0.4) is 0 Å². The maximum absolute atomic E-state index is 13.8. The topological polar surface area (TPSA) is 46.5 Å². The van der Waals surface area contributed by atoms with E-state index < -0.39 is 12.2 Å². The molecule has 1 saturated carbocycles. The third kappa shape index (κ3) is 3.55. The fraction of sp³-hybridized carbons (Fsp3) is 0.542. The van der Waals surface area contributed by atoms with Gasteiger partial charge in [-0.15, -0.1) is 0 Å². The van der Waals surface area contributed by atoms with Crippen molar-refractivity contribution >= 4 is 11.5 Å². The van der Waals surface area contributed by atoms with Crippen molar-refractivity contribution in [3.8, 4) is 0 Å². The van der Waals surface area contributed by atoms with Gasteiger partial charge in [-0.2, -0.15) is 0 Å². The van der Waals surface area contributed by atoms with Gasteiger partial charge in [0.1, 0.15) is 11.9 Å². The highest BCUT2D eigenvalue weighted by molar-refractivity contribution is 5.75. The van der Waals surface area contributed by atoms with E-state index in [1.54, 1.807) is 13.0 Å². The molecule has 0 amide bonds. The number of aliphatic hydroxyl groups is 1. The van der Waals surface area contributed by atoms with Crippen LogP contribution in [0.15, 0.2) is 35.9 Å². The maximum Gasteiger partial charge on any atom is 0.309 e. The molecule has 1 aromatic rings. The Labute approximate surface area is 166 Å². The number of rotatable bonds is 3. The molecule has 1 heterocycles. The Bertz CT molecular complexity index is 871. The van der Waals surface area contributed by atoms with Crippen LogP contribution >= 0.6 is 0 Å². The van der Waals surface area contributed by atoms with Crippen LogP contribution in [0, 0.1) is 23.6 Å². The minimum absolute atomic E-state index is 0.0679. The zero-order valence-electron chi connectivity index (χ0n) is 16.9. The lowest BCUT2D eigenvalue weighted by Crippen LogP contribution is -2.31. The molecule has 2 aliphatic carbocycles. The first-order valence-electron chi connectivity index (χ1n) is 10.2. The van der Waals surface area contributed by atoms with E-state index >= 15 is 0 Å². The average Bonchev–Trinajstić information content (AvgIpc) is 2.86. The highest BCUT2D eigenvalue weighted by Crippen LogP contribution is 2.62. The number of aliphatic hydroxyl groups excluding tert-OH is 1. The predicted molar refractivity (Wildman–Crippen MR) is 107 cm³/mol. The molecular formula is C24H29FO3. The molecule has 2 unspecified atom stereocenters. The first kappa shape index (κ1) is 19.4. The Morgan fingerprint density at radius 3 is 2.79 bits per heavy atom. The molecule has 0 aromatic heterocycles. The first-order chi connectivity index (χ1) is 13.2. The van der Waals surface area contributed by atoms with Gasteiger partial charge in [0.25, 0.3) is 0 Å². The zero-order valence-corrected chi connectivity index (χ0v) is 16.9. The summed E-state index contributed by atoms with van der Waals surface area (Å²) in [6.07, 6.45) is 7.93. The standard InChI is InChI=1S/C24H29FO3/c1-15-10-16(4-7-21(15)25)19-13-23(2)8-9-24(3,14-23)20(19)6-5-18-11-17(26)12-22(27)28-18/h4-7,10,17-18,26H,8-9,11-14H2,1-3H3/b6-5+/t17-,18-,23?,24?/m1/s1. The number of cyclic esters (lactones) is 1. The molecule has 3 aliphatic rings. The van der Waals surface area contributed by atoms with Crippen molar-refractivity contribution in [2.75, 3.05) is 0 Å². The van der Waals surface area contributed by atoms with Gasteiger partial charge in [0, 0.05) is 6.42 Å². The number of fused-ring (bicyclic) bond motifs is 2. The molecular weight excluding hydrogens is 355 g/mol. The Morgan fingerprint density at radius 2 is 2.07 bits per heavy atom. The average molecular weight is 384 g/mol. The number of allylic oxidation sites excluding steroid dienone is 3. The van der Waals surface area contributed by atoms with Gasteiger partial charge in [-0.05, 0) is 83.9 Å². The van der Waals surface area contributed by atoms with Gasteiger partial charge < -0.3 is 9.84 Å². The van der Waals surface area contributed by atoms with Crippen molar-refractivity contribution in [2.24, 2.45) is 10.8 Å². The predicted octanol–water partition coefficient (Wildman–Crippen LogP) is 5.11. The molecule has 4 rings (SSSR count). The minimum atomic E-state index is -0.638. The van der Waals surface area contributed by atoms with Gasteiger partial charge in [0.05, 0.1) is 12.5 Å². The quantitative estimate of drug-likeness (QED) is 0.737. The summed E-state index contributed by atoms with van der Waals surface area (Å²) in [5.74, 6) is -0.527. The van der Waals surface area contributed by atoms with Crippen molar-refractivity contribution < 1.29 is 19.0 Å². The summed E-state index contributed by atoms with van der Waals surface area (Å²) >= 11 is 0. The van der Waals surface area contributed by atoms with E-state index in [-0.39, 0.29) is 29.0 Å². The molecule has 3 nitrogen and oxygen atoms in total. The van der Waals surface area contributed by atoms with Gasteiger partial charge in [-0.25, -0.2) is 4.39 Å². The molecule has 1 aromatic carbocycles. The molecule has 4 heteroatoms. The number of carbonyl (C=O) groups excluding carboxylic acids is 1. The zero-order chi connectivity index (χ0) is 20.1. The van der Waals surface area contributed by atoms with Crippen LogP contribution in [-0.4, -0.2) is 23.3 Å². The van der Waals surface area contributed by atoms with Gasteiger partial charge in [0.15, 0.2) is 0 Å². The van der Waals surface area contributed by atoms with E-state index in [1.165, 1.54) is 17.6 Å². The second kappa shape index (κ2) is 6.84. The molecule has 4 atom stereocenters. The minimum Gasteiger partial charge on any atom is -0.458 e. The molecule has 28 heavy (non-hydrogen) atoms. The Kier molecular flexibility index (Phi) is 4.73. The summed E-state index contributed by atoms with van der Waals surface area (Å²) < 4.78 is 19.2. The Hall–Kier alpha value is -1.94. The van der Waals surface area contributed by atoms with E-state index in [4.69, 9.17) is 4.74 Å².